The monoisotopic (exact) mass is 316 g/mol. The molecule has 0 aromatic carbocycles. The minimum Gasteiger partial charge on any atom is -0.376 e. The van der Waals surface area contributed by atoms with Gasteiger partial charge in [-0.2, -0.15) is 11.8 Å². The second-order valence-electron chi connectivity index (χ2n) is 5.40. The molecular weight excluding hydrogens is 288 g/mol. The van der Waals surface area contributed by atoms with Gasteiger partial charge in [-0.15, -0.1) is 0 Å². The third-order valence-electron chi connectivity index (χ3n) is 3.35. The number of thioether (sulfide) groups is 1. The number of amides is 1. The van der Waals surface area contributed by atoms with Gasteiger partial charge in [0, 0.05) is 39.0 Å². The summed E-state index contributed by atoms with van der Waals surface area (Å²) >= 11 is 1.79. The minimum atomic E-state index is -0.00821. The zero-order chi connectivity index (χ0) is 15.7. The van der Waals surface area contributed by atoms with Crippen LogP contribution in [0.15, 0.2) is 4.99 Å². The Balaban J connectivity index is 2.46. The second kappa shape index (κ2) is 9.89. The Hall–Kier alpha value is -0.950. The predicted molar refractivity (Wildman–Crippen MR) is 89.0 cm³/mol. The summed E-state index contributed by atoms with van der Waals surface area (Å²) in [4.78, 5) is 17.5. The maximum absolute atomic E-state index is 11.6. The first-order valence-electron chi connectivity index (χ1n) is 7.39. The number of hydrogen-bond donors (Lipinski definition) is 2. The number of aliphatic imine (C=N–C) groups is 1. The molecule has 1 aliphatic heterocycles. The Kier molecular flexibility index (Phi) is 8.52. The van der Waals surface area contributed by atoms with E-state index in [9.17, 15) is 4.79 Å². The third kappa shape index (κ3) is 7.57. The Morgan fingerprint density at radius 3 is 2.81 bits per heavy atom. The van der Waals surface area contributed by atoms with Gasteiger partial charge < -0.3 is 20.3 Å². The lowest BCUT2D eigenvalue weighted by Gasteiger charge is -2.17. The zero-order valence-electron chi connectivity index (χ0n) is 13.5. The van der Waals surface area contributed by atoms with Crippen LogP contribution in [0.4, 0.5) is 0 Å². The summed E-state index contributed by atoms with van der Waals surface area (Å²) in [5.41, 5.74) is 0. The fraction of sp³-hybridized carbons (Fsp3) is 0.857. The molecule has 0 aliphatic carbocycles. The van der Waals surface area contributed by atoms with Crippen molar-refractivity contribution in [2.24, 2.45) is 4.99 Å². The molecule has 1 fully saturated rings. The van der Waals surface area contributed by atoms with E-state index in [4.69, 9.17) is 4.74 Å². The molecule has 1 aliphatic rings. The number of carbonyl (C=O) groups is 1. The molecule has 21 heavy (non-hydrogen) atoms. The molecule has 2 atom stereocenters. The quantitative estimate of drug-likeness (QED) is 0.530. The van der Waals surface area contributed by atoms with Crippen LogP contribution in [0.3, 0.4) is 0 Å². The molecule has 0 bridgehead atoms. The third-order valence-corrected chi connectivity index (χ3v) is 4.32. The molecule has 7 heteroatoms. The standard InChI is InChI=1S/C14H28N4O2S/c1-11(21-4)8-15-14(17-10-13(19)18(2)3)16-9-12-6-5-7-20-12/h11-12H,5-10H2,1-4H3,(H2,15,16,17). The summed E-state index contributed by atoms with van der Waals surface area (Å²) in [5, 5.41) is 7.04. The van der Waals surface area contributed by atoms with E-state index >= 15 is 0 Å². The molecular formula is C14H28N4O2S. The van der Waals surface area contributed by atoms with Gasteiger partial charge in [0.1, 0.15) is 6.54 Å². The molecule has 0 aromatic rings. The SMILES string of the molecule is CSC(C)CNC(=NCC(=O)N(C)C)NCC1CCCO1. The highest BCUT2D eigenvalue weighted by atomic mass is 32.2. The summed E-state index contributed by atoms with van der Waals surface area (Å²) in [7, 11) is 3.47. The van der Waals surface area contributed by atoms with Crippen LogP contribution >= 0.6 is 11.8 Å². The Morgan fingerprint density at radius 2 is 2.24 bits per heavy atom. The average Bonchev–Trinajstić information content (AvgIpc) is 2.98. The van der Waals surface area contributed by atoms with Gasteiger partial charge in [0.25, 0.3) is 0 Å². The largest absolute Gasteiger partial charge is 0.376 e. The number of likely N-dealkylation sites (N-methyl/N-ethyl adjacent to an activating group) is 1. The van der Waals surface area contributed by atoms with Crippen molar-refractivity contribution in [2.45, 2.75) is 31.1 Å². The van der Waals surface area contributed by atoms with Gasteiger partial charge in [-0.3, -0.25) is 4.79 Å². The van der Waals surface area contributed by atoms with E-state index in [2.05, 4.69) is 28.8 Å². The fourth-order valence-corrected chi connectivity index (χ4v) is 2.05. The van der Waals surface area contributed by atoms with Crippen LogP contribution in [0.2, 0.25) is 0 Å². The molecule has 0 radical (unpaired) electrons. The topological polar surface area (TPSA) is 66.0 Å². The number of nitrogens with zero attached hydrogens (tertiary/aromatic N) is 2. The summed E-state index contributed by atoms with van der Waals surface area (Å²) in [5.74, 6) is 0.674. The van der Waals surface area contributed by atoms with E-state index in [0.29, 0.717) is 11.2 Å². The number of nitrogens with one attached hydrogen (secondary N) is 2. The fourth-order valence-electron chi connectivity index (χ4n) is 1.80. The van der Waals surface area contributed by atoms with Gasteiger partial charge in [0.15, 0.2) is 5.96 Å². The molecule has 2 unspecified atom stereocenters. The van der Waals surface area contributed by atoms with Crippen molar-refractivity contribution in [1.82, 2.24) is 15.5 Å². The number of guanidine groups is 1. The van der Waals surface area contributed by atoms with Crippen LogP contribution in [-0.2, 0) is 9.53 Å². The highest BCUT2D eigenvalue weighted by molar-refractivity contribution is 7.99. The van der Waals surface area contributed by atoms with Gasteiger partial charge >= 0.3 is 0 Å². The minimum absolute atomic E-state index is 0.00821. The number of rotatable bonds is 7. The van der Waals surface area contributed by atoms with E-state index in [-0.39, 0.29) is 18.6 Å². The van der Waals surface area contributed by atoms with Crippen molar-refractivity contribution in [3.8, 4) is 0 Å². The smallest absolute Gasteiger partial charge is 0.243 e. The Bertz CT molecular complexity index is 344. The van der Waals surface area contributed by atoms with Crippen LogP contribution in [-0.4, -0.2) is 74.7 Å². The molecule has 1 amide bonds. The van der Waals surface area contributed by atoms with Crippen molar-refractivity contribution < 1.29 is 9.53 Å². The normalized spacial score (nSPS) is 20.2. The number of hydrogen-bond acceptors (Lipinski definition) is 4. The van der Waals surface area contributed by atoms with Crippen molar-refractivity contribution in [2.75, 3.05) is 46.6 Å². The average molecular weight is 316 g/mol. The summed E-state index contributed by atoms with van der Waals surface area (Å²) in [6.07, 6.45) is 4.53. The number of carbonyl (C=O) groups excluding carboxylic acids is 1. The molecule has 2 N–H and O–H groups in total. The van der Waals surface area contributed by atoms with Gasteiger partial charge in [0.2, 0.25) is 5.91 Å². The predicted octanol–water partition coefficient (Wildman–Crippen LogP) is 0.540. The van der Waals surface area contributed by atoms with Gasteiger partial charge in [-0.25, -0.2) is 4.99 Å². The summed E-state index contributed by atoms with van der Waals surface area (Å²) in [6.45, 7) is 4.70. The molecule has 122 valence electrons. The molecule has 1 saturated heterocycles. The maximum Gasteiger partial charge on any atom is 0.243 e. The van der Waals surface area contributed by atoms with Gasteiger partial charge in [0.05, 0.1) is 6.10 Å². The lowest BCUT2D eigenvalue weighted by Crippen LogP contribution is -2.43. The van der Waals surface area contributed by atoms with Crippen LogP contribution < -0.4 is 10.6 Å². The van der Waals surface area contributed by atoms with Crippen molar-refractivity contribution >= 4 is 23.6 Å². The zero-order valence-corrected chi connectivity index (χ0v) is 14.3. The lowest BCUT2D eigenvalue weighted by molar-refractivity contribution is -0.127. The maximum atomic E-state index is 11.6. The molecule has 6 nitrogen and oxygen atoms in total. The Morgan fingerprint density at radius 1 is 1.48 bits per heavy atom. The first-order valence-corrected chi connectivity index (χ1v) is 8.68. The molecule has 1 heterocycles. The summed E-state index contributed by atoms with van der Waals surface area (Å²) in [6, 6.07) is 0. The highest BCUT2D eigenvalue weighted by Crippen LogP contribution is 2.10. The van der Waals surface area contributed by atoms with Crippen molar-refractivity contribution in [3.05, 3.63) is 0 Å². The first-order chi connectivity index (χ1) is 10.0. The molecule has 1 rings (SSSR count). The van der Waals surface area contributed by atoms with E-state index in [0.717, 1.165) is 32.5 Å². The van der Waals surface area contributed by atoms with E-state index in [1.807, 2.05) is 0 Å². The van der Waals surface area contributed by atoms with E-state index < -0.39 is 0 Å². The molecule has 0 spiro atoms. The molecule has 0 aromatic heterocycles. The van der Waals surface area contributed by atoms with Crippen molar-refractivity contribution in [1.29, 1.82) is 0 Å². The number of ether oxygens (including phenoxy) is 1. The van der Waals surface area contributed by atoms with Crippen LogP contribution in [0.25, 0.3) is 0 Å². The van der Waals surface area contributed by atoms with E-state index in [1.54, 1.807) is 30.8 Å². The second-order valence-corrected chi connectivity index (χ2v) is 6.67. The van der Waals surface area contributed by atoms with E-state index in [1.165, 1.54) is 0 Å². The first kappa shape index (κ1) is 18.1. The molecule has 0 saturated carbocycles. The van der Waals surface area contributed by atoms with Gasteiger partial charge in [-0.1, -0.05) is 6.92 Å². The van der Waals surface area contributed by atoms with Gasteiger partial charge in [-0.05, 0) is 19.1 Å². The van der Waals surface area contributed by atoms with Crippen LogP contribution in [0.5, 0.6) is 0 Å². The van der Waals surface area contributed by atoms with Crippen LogP contribution in [0.1, 0.15) is 19.8 Å². The van der Waals surface area contributed by atoms with Crippen molar-refractivity contribution in [3.63, 3.8) is 0 Å². The summed E-state index contributed by atoms with van der Waals surface area (Å²) < 4.78 is 5.59. The van der Waals surface area contributed by atoms with Crippen LogP contribution in [0, 0.1) is 0 Å². The lowest BCUT2D eigenvalue weighted by atomic mass is 10.2. The Labute approximate surface area is 132 Å². The highest BCUT2D eigenvalue weighted by Gasteiger charge is 2.16.